The summed E-state index contributed by atoms with van der Waals surface area (Å²) in [4.78, 5) is 5.18. The van der Waals surface area contributed by atoms with Crippen molar-refractivity contribution in [3.8, 4) is 0 Å². The molecule has 1 N–H and O–H groups in total. The first-order valence-electron chi connectivity index (χ1n) is 8.80. The number of likely N-dealkylation sites (tertiary alicyclic amines) is 1. The molecule has 0 unspecified atom stereocenters. The molecule has 3 nitrogen and oxygen atoms in total. The van der Waals surface area contributed by atoms with E-state index in [1.54, 1.807) is 5.56 Å². The van der Waals surface area contributed by atoms with Crippen LogP contribution < -0.4 is 5.32 Å². The molecule has 0 bridgehead atoms. The predicted molar refractivity (Wildman–Crippen MR) is 94.0 cm³/mol. The summed E-state index contributed by atoms with van der Waals surface area (Å²) in [6.45, 7) is 3.41. The van der Waals surface area contributed by atoms with E-state index >= 15 is 0 Å². The van der Waals surface area contributed by atoms with Gasteiger partial charge in [-0.15, -0.1) is 0 Å². The molecule has 5 rings (SSSR count). The first-order chi connectivity index (χ1) is 11.4. The van der Waals surface area contributed by atoms with E-state index in [1.165, 1.54) is 48.7 Å². The maximum Gasteiger partial charge on any atom is 0.0870 e. The summed E-state index contributed by atoms with van der Waals surface area (Å²) in [6.07, 6.45) is 8.02. The van der Waals surface area contributed by atoms with Crippen LogP contribution in [0, 0.1) is 0 Å². The molecule has 1 aliphatic carbocycles. The summed E-state index contributed by atoms with van der Waals surface area (Å²) >= 11 is 0. The minimum Gasteiger partial charge on any atom is -0.373 e. The number of hydrogen-bond acceptors (Lipinski definition) is 3. The van der Waals surface area contributed by atoms with E-state index in [-0.39, 0.29) is 0 Å². The van der Waals surface area contributed by atoms with Crippen LogP contribution in [0.3, 0.4) is 0 Å². The Morgan fingerprint density at radius 3 is 2.61 bits per heavy atom. The van der Waals surface area contributed by atoms with Crippen molar-refractivity contribution in [3.05, 3.63) is 59.9 Å². The molecule has 0 spiro atoms. The highest BCUT2D eigenvalue weighted by molar-refractivity contribution is 5.91. The van der Waals surface area contributed by atoms with Crippen LogP contribution in [-0.2, 0) is 6.42 Å². The van der Waals surface area contributed by atoms with Crippen molar-refractivity contribution in [1.29, 1.82) is 0 Å². The van der Waals surface area contributed by atoms with Crippen LogP contribution in [0.2, 0.25) is 0 Å². The zero-order valence-electron chi connectivity index (χ0n) is 13.4. The Bertz CT molecular complexity index is 753. The number of rotatable bonds is 2. The lowest BCUT2D eigenvalue weighted by Gasteiger charge is -2.39. The van der Waals surface area contributed by atoms with Gasteiger partial charge in [-0.3, -0.25) is 4.90 Å². The molecule has 3 aliphatic rings. The fraction of sp³-hybridized carbons (Fsp3) is 0.400. The molecule has 2 aromatic rings. The Balaban J connectivity index is 1.37. The molecule has 0 radical (unpaired) electrons. The average molecular weight is 305 g/mol. The Kier molecular flexibility index (Phi) is 3.08. The van der Waals surface area contributed by atoms with Gasteiger partial charge in [0.25, 0.3) is 0 Å². The van der Waals surface area contributed by atoms with Crippen molar-refractivity contribution < 1.29 is 0 Å². The van der Waals surface area contributed by atoms with Crippen LogP contribution >= 0.6 is 0 Å². The maximum absolute atomic E-state index is 3.29. The standard InChI is InChI=1S/C20H23N3/c1-3-15-4-2-6-18-19(13-16(5-1)20(15)18)22-10-7-17(8-11-22)23-12-9-21-14-23/h1-6,9,12,17,19,21H,7-8,10-11,13-14H2/t19-/m1/s1. The lowest BCUT2D eigenvalue weighted by atomic mass is 9.99. The third-order valence-electron chi connectivity index (χ3n) is 5.86. The highest BCUT2D eigenvalue weighted by atomic mass is 15.3. The molecule has 0 aromatic heterocycles. The molecule has 3 heteroatoms. The van der Waals surface area contributed by atoms with Gasteiger partial charge in [0.1, 0.15) is 0 Å². The van der Waals surface area contributed by atoms with Crippen molar-refractivity contribution in [2.24, 2.45) is 0 Å². The minimum absolute atomic E-state index is 0.587. The van der Waals surface area contributed by atoms with Gasteiger partial charge >= 0.3 is 0 Å². The van der Waals surface area contributed by atoms with Gasteiger partial charge in [-0.1, -0.05) is 36.4 Å². The Hall–Kier alpha value is -2.00. The molecule has 0 saturated carbocycles. The van der Waals surface area contributed by atoms with Gasteiger partial charge in [0.05, 0.1) is 6.67 Å². The first-order valence-corrected chi connectivity index (χ1v) is 8.80. The zero-order chi connectivity index (χ0) is 15.2. The topological polar surface area (TPSA) is 18.5 Å². The van der Waals surface area contributed by atoms with Crippen LogP contribution in [0.5, 0.6) is 0 Å². The second-order valence-electron chi connectivity index (χ2n) is 7.04. The van der Waals surface area contributed by atoms with E-state index in [0.29, 0.717) is 12.1 Å². The lowest BCUT2D eigenvalue weighted by molar-refractivity contribution is 0.110. The zero-order valence-corrected chi connectivity index (χ0v) is 13.4. The van der Waals surface area contributed by atoms with Crippen LogP contribution in [0.1, 0.15) is 30.0 Å². The molecule has 23 heavy (non-hydrogen) atoms. The monoisotopic (exact) mass is 305 g/mol. The highest BCUT2D eigenvalue weighted by Gasteiger charge is 2.32. The van der Waals surface area contributed by atoms with E-state index in [2.05, 4.69) is 63.9 Å². The fourth-order valence-corrected chi connectivity index (χ4v) is 4.68. The quantitative estimate of drug-likeness (QED) is 0.919. The van der Waals surface area contributed by atoms with Crippen LogP contribution in [0.25, 0.3) is 10.8 Å². The Morgan fingerprint density at radius 2 is 1.83 bits per heavy atom. The molecule has 1 fully saturated rings. The van der Waals surface area contributed by atoms with E-state index in [0.717, 1.165) is 6.67 Å². The van der Waals surface area contributed by atoms with Gasteiger partial charge in [-0.2, -0.15) is 0 Å². The van der Waals surface area contributed by atoms with Crippen LogP contribution in [0.15, 0.2) is 48.8 Å². The lowest BCUT2D eigenvalue weighted by Crippen LogP contribution is -2.44. The maximum atomic E-state index is 3.29. The molecule has 1 saturated heterocycles. The van der Waals surface area contributed by atoms with Crippen molar-refractivity contribution in [3.63, 3.8) is 0 Å². The van der Waals surface area contributed by atoms with Crippen LogP contribution in [0.4, 0.5) is 0 Å². The number of nitrogens with one attached hydrogen (secondary N) is 1. The number of piperidine rings is 1. The summed E-state index contributed by atoms with van der Waals surface area (Å²) < 4.78 is 0. The Labute approximate surface area is 137 Å². The van der Waals surface area contributed by atoms with Gasteiger partial charge in [0, 0.05) is 37.6 Å². The number of benzene rings is 2. The van der Waals surface area contributed by atoms with E-state index in [9.17, 15) is 0 Å². The molecule has 2 heterocycles. The van der Waals surface area contributed by atoms with Gasteiger partial charge in [0.15, 0.2) is 0 Å². The van der Waals surface area contributed by atoms with E-state index in [4.69, 9.17) is 0 Å². The van der Waals surface area contributed by atoms with Crippen molar-refractivity contribution in [2.45, 2.75) is 31.3 Å². The third kappa shape index (κ3) is 2.14. The van der Waals surface area contributed by atoms with Gasteiger partial charge in [0.2, 0.25) is 0 Å². The number of hydrogen-bond donors (Lipinski definition) is 1. The third-order valence-corrected chi connectivity index (χ3v) is 5.86. The summed E-state index contributed by atoms with van der Waals surface area (Å²) in [5.41, 5.74) is 3.09. The molecule has 2 aliphatic heterocycles. The second-order valence-corrected chi connectivity index (χ2v) is 7.04. The summed E-state index contributed by atoms with van der Waals surface area (Å²) in [5, 5.41) is 6.22. The smallest absolute Gasteiger partial charge is 0.0870 e. The van der Waals surface area contributed by atoms with E-state index < -0.39 is 0 Å². The van der Waals surface area contributed by atoms with E-state index in [1.807, 2.05) is 0 Å². The van der Waals surface area contributed by atoms with Gasteiger partial charge in [-0.25, -0.2) is 0 Å². The molecule has 0 amide bonds. The van der Waals surface area contributed by atoms with Gasteiger partial charge in [-0.05, 0) is 41.2 Å². The predicted octanol–water partition coefficient (Wildman–Crippen LogP) is 3.24. The fourth-order valence-electron chi connectivity index (χ4n) is 4.68. The molecule has 1 atom stereocenters. The summed E-state index contributed by atoms with van der Waals surface area (Å²) in [6, 6.07) is 14.9. The van der Waals surface area contributed by atoms with Crippen molar-refractivity contribution in [2.75, 3.05) is 19.8 Å². The first kappa shape index (κ1) is 13.4. The Morgan fingerprint density at radius 1 is 1.00 bits per heavy atom. The molecule has 2 aromatic carbocycles. The van der Waals surface area contributed by atoms with Crippen molar-refractivity contribution in [1.82, 2.24) is 15.1 Å². The largest absolute Gasteiger partial charge is 0.373 e. The number of nitrogens with zero attached hydrogens (tertiary/aromatic N) is 2. The normalized spacial score (nSPS) is 24.5. The second kappa shape index (κ2) is 5.27. The summed E-state index contributed by atoms with van der Waals surface area (Å²) in [7, 11) is 0. The summed E-state index contributed by atoms with van der Waals surface area (Å²) in [5.74, 6) is 0. The van der Waals surface area contributed by atoms with Crippen molar-refractivity contribution >= 4 is 10.8 Å². The van der Waals surface area contributed by atoms with Crippen LogP contribution in [-0.4, -0.2) is 35.6 Å². The molecular weight excluding hydrogens is 282 g/mol. The average Bonchev–Trinajstić information content (AvgIpc) is 3.25. The highest BCUT2D eigenvalue weighted by Crippen LogP contribution is 2.41. The molecule has 118 valence electrons. The minimum atomic E-state index is 0.587. The molecular formula is C20H23N3. The SMILES string of the molecule is C1=CN(C2CCN([C@@H]3Cc4cccc5cccc3c45)CC2)CN1. The van der Waals surface area contributed by atoms with Gasteiger partial charge < -0.3 is 10.2 Å².